The van der Waals surface area contributed by atoms with Gasteiger partial charge in [0.1, 0.15) is 6.04 Å². The molecule has 110 valence electrons. The molecule has 0 aliphatic heterocycles. The molecular formula is C11H20N2O6. The first-order chi connectivity index (χ1) is 8.92. The van der Waals surface area contributed by atoms with E-state index in [9.17, 15) is 14.4 Å². The Morgan fingerprint density at radius 2 is 1.95 bits per heavy atom. The molecule has 0 heterocycles. The molecule has 0 spiro atoms. The fraction of sp³-hybridized carbons (Fsp3) is 0.727. The summed E-state index contributed by atoms with van der Waals surface area (Å²) in [4.78, 5) is 34.9. The SMILES string of the molecule is COCCCN(C)C(=O)N[C@@H](CC(=O)OC)C(=O)O. The number of ether oxygens (including phenoxy) is 2. The molecule has 0 aromatic carbocycles. The van der Waals surface area contributed by atoms with Crippen LogP contribution in [0.4, 0.5) is 4.79 Å². The van der Waals surface area contributed by atoms with Crippen LogP contribution in [0, 0.1) is 0 Å². The number of hydrogen-bond acceptors (Lipinski definition) is 5. The fourth-order valence-electron chi connectivity index (χ4n) is 1.26. The Morgan fingerprint density at radius 1 is 1.32 bits per heavy atom. The van der Waals surface area contributed by atoms with E-state index in [1.807, 2.05) is 0 Å². The van der Waals surface area contributed by atoms with Gasteiger partial charge in [0, 0.05) is 27.3 Å². The van der Waals surface area contributed by atoms with Crippen LogP contribution in [-0.4, -0.2) is 68.4 Å². The van der Waals surface area contributed by atoms with E-state index in [-0.39, 0.29) is 0 Å². The Bertz CT molecular complexity index is 320. The molecule has 0 saturated carbocycles. The highest BCUT2D eigenvalue weighted by Gasteiger charge is 2.24. The van der Waals surface area contributed by atoms with Gasteiger partial charge >= 0.3 is 18.0 Å². The van der Waals surface area contributed by atoms with E-state index in [0.29, 0.717) is 19.6 Å². The van der Waals surface area contributed by atoms with E-state index >= 15 is 0 Å². The number of carbonyl (C=O) groups excluding carboxylic acids is 2. The molecule has 2 N–H and O–H groups in total. The quantitative estimate of drug-likeness (QED) is 0.465. The molecule has 0 radical (unpaired) electrons. The predicted octanol–water partition coefficient (Wildman–Crippen LogP) is -0.319. The molecule has 0 saturated heterocycles. The molecule has 0 unspecified atom stereocenters. The van der Waals surface area contributed by atoms with E-state index in [1.54, 1.807) is 7.11 Å². The zero-order valence-electron chi connectivity index (χ0n) is 11.3. The van der Waals surface area contributed by atoms with Gasteiger partial charge in [0.2, 0.25) is 0 Å². The molecule has 0 bridgehead atoms. The normalized spacial score (nSPS) is 11.5. The van der Waals surface area contributed by atoms with Crippen LogP contribution in [0.15, 0.2) is 0 Å². The van der Waals surface area contributed by atoms with Crippen molar-refractivity contribution in [3.05, 3.63) is 0 Å². The van der Waals surface area contributed by atoms with Crippen LogP contribution in [0.25, 0.3) is 0 Å². The molecule has 1 atom stereocenters. The molecule has 0 aromatic heterocycles. The Kier molecular flexibility index (Phi) is 8.27. The summed E-state index contributed by atoms with van der Waals surface area (Å²) in [5, 5.41) is 11.2. The number of methoxy groups -OCH3 is 2. The number of esters is 1. The maximum Gasteiger partial charge on any atom is 0.326 e. The van der Waals surface area contributed by atoms with E-state index in [2.05, 4.69) is 10.1 Å². The van der Waals surface area contributed by atoms with Crippen LogP contribution >= 0.6 is 0 Å². The van der Waals surface area contributed by atoms with Gasteiger partial charge in [-0.05, 0) is 6.42 Å². The Hall–Kier alpha value is -1.83. The lowest BCUT2D eigenvalue weighted by Gasteiger charge is -2.20. The molecule has 8 heteroatoms. The zero-order valence-corrected chi connectivity index (χ0v) is 11.3. The van der Waals surface area contributed by atoms with Gasteiger partial charge in [-0.2, -0.15) is 0 Å². The van der Waals surface area contributed by atoms with Gasteiger partial charge in [-0.3, -0.25) is 4.79 Å². The lowest BCUT2D eigenvalue weighted by Crippen LogP contribution is -2.48. The first-order valence-corrected chi connectivity index (χ1v) is 5.72. The maximum atomic E-state index is 11.7. The van der Waals surface area contributed by atoms with Crippen LogP contribution < -0.4 is 5.32 Å². The standard InChI is InChI=1S/C11H20N2O6/c1-13(5-4-6-18-2)11(17)12-8(10(15)16)7-9(14)19-3/h8H,4-7H2,1-3H3,(H,12,17)(H,15,16)/t8-/m0/s1. The molecule has 0 fully saturated rings. The van der Waals surface area contributed by atoms with Crippen molar-refractivity contribution in [2.75, 3.05) is 34.4 Å². The summed E-state index contributed by atoms with van der Waals surface area (Å²) in [6.45, 7) is 0.923. The van der Waals surface area contributed by atoms with E-state index in [4.69, 9.17) is 9.84 Å². The Balaban J connectivity index is 4.30. The van der Waals surface area contributed by atoms with Gasteiger partial charge in [0.05, 0.1) is 13.5 Å². The minimum atomic E-state index is -1.30. The number of nitrogens with zero attached hydrogens (tertiary/aromatic N) is 1. The second kappa shape index (κ2) is 9.15. The van der Waals surface area contributed by atoms with E-state index in [1.165, 1.54) is 11.9 Å². The van der Waals surface area contributed by atoms with E-state index < -0.39 is 30.4 Å². The van der Waals surface area contributed by atoms with Crippen molar-refractivity contribution in [1.29, 1.82) is 0 Å². The third-order valence-electron chi connectivity index (χ3n) is 2.38. The number of carbonyl (C=O) groups is 3. The van der Waals surface area contributed by atoms with E-state index in [0.717, 1.165) is 7.11 Å². The van der Waals surface area contributed by atoms with Crippen molar-refractivity contribution in [3.8, 4) is 0 Å². The second-order valence-corrected chi connectivity index (χ2v) is 3.89. The van der Waals surface area contributed by atoms with Crippen LogP contribution in [0.5, 0.6) is 0 Å². The van der Waals surface area contributed by atoms with Crippen LogP contribution in [0.1, 0.15) is 12.8 Å². The lowest BCUT2D eigenvalue weighted by atomic mass is 10.2. The van der Waals surface area contributed by atoms with Crippen LogP contribution in [0.2, 0.25) is 0 Å². The average molecular weight is 276 g/mol. The molecule has 19 heavy (non-hydrogen) atoms. The Labute approximate surface area is 111 Å². The van der Waals surface area contributed by atoms with Crippen LogP contribution in [0.3, 0.4) is 0 Å². The van der Waals surface area contributed by atoms with Crippen molar-refractivity contribution < 1.29 is 29.0 Å². The highest BCUT2D eigenvalue weighted by Crippen LogP contribution is 1.98. The smallest absolute Gasteiger partial charge is 0.326 e. The summed E-state index contributed by atoms with van der Waals surface area (Å²) in [5.74, 6) is -1.99. The molecule has 8 nitrogen and oxygen atoms in total. The Morgan fingerprint density at radius 3 is 2.42 bits per heavy atom. The molecular weight excluding hydrogens is 256 g/mol. The number of hydrogen-bond donors (Lipinski definition) is 2. The third kappa shape index (κ3) is 7.24. The summed E-state index contributed by atoms with van der Waals surface area (Å²) >= 11 is 0. The monoisotopic (exact) mass is 276 g/mol. The highest BCUT2D eigenvalue weighted by atomic mass is 16.5. The summed E-state index contributed by atoms with van der Waals surface area (Å²) in [7, 11) is 4.23. The minimum Gasteiger partial charge on any atom is -0.480 e. The van der Waals surface area contributed by atoms with Gasteiger partial charge in [-0.1, -0.05) is 0 Å². The highest BCUT2D eigenvalue weighted by molar-refractivity contribution is 5.86. The van der Waals surface area contributed by atoms with Gasteiger partial charge in [0.25, 0.3) is 0 Å². The summed E-state index contributed by atoms with van der Waals surface area (Å²) in [5.41, 5.74) is 0. The minimum absolute atomic E-state index is 0.413. The largest absolute Gasteiger partial charge is 0.480 e. The number of amides is 2. The maximum absolute atomic E-state index is 11.7. The van der Waals surface area contributed by atoms with Crippen molar-refractivity contribution in [2.24, 2.45) is 0 Å². The number of carboxylic acids is 1. The molecule has 0 aromatic rings. The average Bonchev–Trinajstić information content (AvgIpc) is 2.37. The topological polar surface area (TPSA) is 105 Å². The second-order valence-electron chi connectivity index (χ2n) is 3.89. The molecule has 0 aliphatic rings. The lowest BCUT2D eigenvalue weighted by molar-refractivity contribution is -0.147. The first-order valence-electron chi connectivity index (χ1n) is 5.72. The van der Waals surface area contributed by atoms with Crippen molar-refractivity contribution in [2.45, 2.75) is 18.9 Å². The number of urea groups is 1. The molecule has 2 amide bonds. The number of nitrogens with one attached hydrogen (secondary N) is 1. The van der Waals surface area contributed by atoms with Crippen molar-refractivity contribution in [1.82, 2.24) is 10.2 Å². The van der Waals surface area contributed by atoms with Gasteiger partial charge < -0.3 is 24.8 Å². The van der Waals surface area contributed by atoms with Crippen molar-refractivity contribution >= 4 is 18.0 Å². The number of rotatable bonds is 8. The van der Waals surface area contributed by atoms with Crippen molar-refractivity contribution in [3.63, 3.8) is 0 Å². The zero-order chi connectivity index (χ0) is 14.8. The summed E-state index contributed by atoms with van der Waals surface area (Å²) < 4.78 is 9.21. The van der Waals surface area contributed by atoms with Gasteiger partial charge in [0.15, 0.2) is 0 Å². The molecule has 0 aliphatic carbocycles. The summed E-state index contributed by atoms with van der Waals surface area (Å²) in [6.07, 6.45) is 0.221. The molecule has 0 rings (SSSR count). The predicted molar refractivity (Wildman–Crippen MR) is 65.7 cm³/mol. The fourth-order valence-corrected chi connectivity index (χ4v) is 1.26. The number of aliphatic carboxylic acids is 1. The first kappa shape index (κ1) is 17.2. The van der Waals surface area contributed by atoms with Gasteiger partial charge in [-0.25, -0.2) is 9.59 Å². The van der Waals surface area contributed by atoms with Gasteiger partial charge in [-0.15, -0.1) is 0 Å². The third-order valence-corrected chi connectivity index (χ3v) is 2.38. The van der Waals surface area contributed by atoms with Crippen LogP contribution in [-0.2, 0) is 19.1 Å². The summed E-state index contributed by atoms with van der Waals surface area (Å²) in [6, 6.07) is -1.86. The number of carboxylic acid groups (broad SMARTS) is 1.